The van der Waals surface area contributed by atoms with Gasteiger partial charge < -0.3 is 15.4 Å². The van der Waals surface area contributed by atoms with Gasteiger partial charge in [-0.05, 0) is 50.3 Å². The first-order chi connectivity index (χ1) is 9.74. The van der Waals surface area contributed by atoms with E-state index in [1.165, 1.54) is 24.9 Å². The first-order valence-electron chi connectivity index (χ1n) is 7.93. The number of piperidine rings is 1. The van der Waals surface area contributed by atoms with Crippen LogP contribution in [0.5, 0.6) is 5.75 Å². The molecule has 2 aliphatic heterocycles. The predicted molar refractivity (Wildman–Crippen MR) is 82.1 cm³/mol. The molecule has 0 radical (unpaired) electrons. The van der Waals surface area contributed by atoms with Gasteiger partial charge in [-0.3, -0.25) is 0 Å². The monoisotopic (exact) mass is 274 g/mol. The molecular formula is C17H26N2O. The molecule has 0 aliphatic carbocycles. The second kappa shape index (κ2) is 6.15. The zero-order valence-electron chi connectivity index (χ0n) is 12.4. The van der Waals surface area contributed by atoms with Crippen molar-refractivity contribution in [1.29, 1.82) is 0 Å². The van der Waals surface area contributed by atoms with Crippen LogP contribution >= 0.6 is 0 Å². The van der Waals surface area contributed by atoms with Gasteiger partial charge >= 0.3 is 0 Å². The van der Waals surface area contributed by atoms with Crippen LogP contribution in [0.15, 0.2) is 24.3 Å². The topological polar surface area (TPSA) is 38.5 Å². The molecule has 3 heteroatoms. The Kier molecular flexibility index (Phi) is 4.27. The molecule has 2 heterocycles. The summed E-state index contributed by atoms with van der Waals surface area (Å²) in [5.74, 6) is 2.37. The van der Waals surface area contributed by atoms with Crippen LogP contribution in [-0.2, 0) is 0 Å². The molecule has 2 aliphatic rings. The third-order valence-electron chi connectivity index (χ3n) is 4.85. The quantitative estimate of drug-likeness (QED) is 0.921. The summed E-state index contributed by atoms with van der Waals surface area (Å²) in [6, 6.07) is 8.84. The Morgan fingerprint density at radius 1 is 1.35 bits per heavy atom. The van der Waals surface area contributed by atoms with E-state index in [-0.39, 0.29) is 0 Å². The van der Waals surface area contributed by atoms with Crippen molar-refractivity contribution < 1.29 is 4.74 Å². The van der Waals surface area contributed by atoms with Crippen molar-refractivity contribution in [2.45, 2.75) is 38.1 Å². The maximum Gasteiger partial charge on any atom is 0.122 e. The molecule has 2 N–H and O–H groups in total. The van der Waals surface area contributed by atoms with Gasteiger partial charge in [-0.2, -0.15) is 0 Å². The smallest absolute Gasteiger partial charge is 0.122 e. The molecular weight excluding hydrogens is 248 g/mol. The van der Waals surface area contributed by atoms with Gasteiger partial charge in [0.2, 0.25) is 0 Å². The summed E-state index contributed by atoms with van der Waals surface area (Å²) in [7, 11) is 0. The average Bonchev–Trinajstić information content (AvgIpc) is 2.48. The summed E-state index contributed by atoms with van der Waals surface area (Å²) >= 11 is 0. The second-order valence-corrected chi connectivity index (χ2v) is 6.39. The van der Waals surface area contributed by atoms with E-state index in [4.69, 9.17) is 10.5 Å². The summed E-state index contributed by atoms with van der Waals surface area (Å²) in [6.07, 6.45) is 3.71. The Labute approximate surface area is 122 Å². The highest BCUT2D eigenvalue weighted by Crippen LogP contribution is 2.34. The lowest BCUT2D eigenvalue weighted by Gasteiger charge is -2.37. The highest BCUT2D eigenvalue weighted by atomic mass is 16.5. The Balaban J connectivity index is 1.66. The second-order valence-electron chi connectivity index (χ2n) is 6.39. The number of ether oxygens (including phenoxy) is 1. The van der Waals surface area contributed by atoms with E-state index in [0.717, 1.165) is 31.9 Å². The number of nitrogens with zero attached hydrogens (tertiary/aromatic N) is 1. The number of nitrogens with two attached hydrogens (primary N) is 1. The molecule has 0 bridgehead atoms. The van der Waals surface area contributed by atoms with E-state index < -0.39 is 0 Å². The molecule has 3 unspecified atom stereocenters. The summed E-state index contributed by atoms with van der Waals surface area (Å²) in [4.78, 5) is 2.62. The van der Waals surface area contributed by atoms with Crippen LogP contribution in [0.3, 0.4) is 0 Å². The van der Waals surface area contributed by atoms with Crippen molar-refractivity contribution in [3.63, 3.8) is 0 Å². The number of para-hydroxylation sites is 1. The number of fused-ring (bicyclic) bond motifs is 1. The van der Waals surface area contributed by atoms with E-state index in [9.17, 15) is 0 Å². The van der Waals surface area contributed by atoms with Gasteiger partial charge in [0.05, 0.1) is 6.61 Å². The van der Waals surface area contributed by atoms with Crippen molar-refractivity contribution in [1.82, 2.24) is 4.90 Å². The molecule has 110 valence electrons. The van der Waals surface area contributed by atoms with Gasteiger partial charge in [-0.25, -0.2) is 0 Å². The van der Waals surface area contributed by atoms with Crippen LogP contribution in [0.2, 0.25) is 0 Å². The average molecular weight is 274 g/mol. The lowest BCUT2D eigenvalue weighted by atomic mass is 9.89. The maximum atomic E-state index is 6.09. The molecule has 1 aromatic carbocycles. The van der Waals surface area contributed by atoms with Crippen molar-refractivity contribution in [3.05, 3.63) is 29.8 Å². The number of likely N-dealkylation sites (tertiary alicyclic amines) is 1. The van der Waals surface area contributed by atoms with E-state index >= 15 is 0 Å². The molecule has 1 fully saturated rings. The minimum atomic E-state index is 0.319. The third-order valence-corrected chi connectivity index (χ3v) is 4.85. The van der Waals surface area contributed by atoms with Gasteiger partial charge in [0, 0.05) is 25.0 Å². The molecule has 3 nitrogen and oxygen atoms in total. The number of rotatable bonds is 3. The Bertz CT molecular complexity index is 446. The lowest BCUT2D eigenvalue weighted by molar-refractivity contribution is 0.141. The van der Waals surface area contributed by atoms with Crippen LogP contribution in [0, 0.1) is 5.92 Å². The van der Waals surface area contributed by atoms with E-state index in [1.54, 1.807) is 0 Å². The van der Waals surface area contributed by atoms with Crippen molar-refractivity contribution in [3.8, 4) is 5.75 Å². The fourth-order valence-electron chi connectivity index (χ4n) is 3.60. The third kappa shape index (κ3) is 2.99. The molecule has 0 spiro atoms. The number of benzene rings is 1. The Morgan fingerprint density at radius 2 is 2.20 bits per heavy atom. The van der Waals surface area contributed by atoms with Gasteiger partial charge in [-0.1, -0.05) is 18.2 Å². The number of hydrogen-bond acceptors (Lipinski definition) is 3. The Morgan fingerprint density at radius 3 is 3.05 bits per heavy atom. The minimum absolute atomic E-state index is 0.319. The van der Waals surface area contributed by atoms with Crippen LogP contribution in [-0.4, -0.2) is 37.2 Å². The fourth-order valence-corrected chi connectivity index (χ4v) is 3.60. The standard InChI is InChI=1S/C17H26N2O/c1-13(18)14-5-4-9-19(11-14)12-15-8-10-20-17-7-3-2-6-16(15)17/h2-3,6-7,13-15H,4-5,8-12,18H2,1H3. The SMILES string of the molecule is CC(N)C1CCCN(CC2CCOc3ccccc32)C1. The lowest BCUT2D eigenvalue weighted by Crippen LogP contribution is -2.44. The summed E-state index contributed by atoms with van der Waals surface area (Å²) in [5, 5.41) is 0. The Hall–Kier alpha value is -1.06. The molecule has 1 saturated heterocycles. The normalized spacial score (nSPS) is 28.5. The van der Waals surface area contributed by atoms with Gasteiger partial charge in [0.25, 0.3) is 0 Å². The van der Waals surface area contributed by atoms with E-state index in [2.05, 4.69) is 36.1 Å². The fraction of sp³-hybridized carbons (Fsp3) is 0.647. The summed E-state index contributed by atoms with van der Waals surface area (Å²) < 4.78 is 5.76. The molecule has 0 amide bonds. The highest BCUT2D eigenvalue weighted by Gasteiger charge is 2.27. The van der Waals surface area contributed by atoms with Crippen molar-refractivity contribution >= 4 is 0 Å². The largest absolute Gasteiger partial charge is 0.493 e. The molecule has 3 rings (SSSR count). The molecule has 20 heavy (non-hydrogen) atoms. The molecule has 3 atom stereocenters. The molecule has 1 aromatic rings. The van der Waals surface area contributed by atoms with Crippen LogP contribution in [0.1, 0.15) is 37.7 Å². The predicted octanol–water partition coefficient (Wildman–Crippen LogP) is 2.61. The zero-order chi connectivity index (χ0) is 13.9. The van der Waals surface area contributed by atoms with E-state index in [0.29, 0.717) is 17.9 Å². The maximum absolute atomic E-state index is 6.09. The first-order valence-corrected chi connectivity index (χ1v) is 7.93. The molecule has 0 saturated carbocycles. The van der Waals surface area contributed by atoms with Gasteiger partial charge in [0.15, 0.2) is 0 Å². The minimum Gasteiger partial charge on any atom is -0.493 e. The van der Waals surface area contributed by atoms with Gasteiger partial charge in [-0.15, -0.1) is 0 Å². The zero-order valence-corrected chi connectivity index (χ0v) is 12.4. The van der Waals surface area contributed by atoms with Crippen LogP contribution in [0.4, 0.5) is 0 Å². The highest BCUT2D eigenvalue weighted by molar-refractivity contribution is 5.37. The van der Waals surface area contributed by atoms with Crippen molar-refractivity contribution in [2.24, 2.45) is 11.7 Å². The molecule has 0 aromatic heterocycles. The first kappa shape index (κ1) is 13.9. The van der Waals surface area contributed by atoms with E-state index in [1.807, 2.05) is 0 Å². The van der Waals surface area contributed by atoms with Gasteiger partial charge in [0.1, 0.15) is 5.75 Å². The van der Waals surface area contributed by atoms with Crippen molar-refractivity contribution in [2.75, 3.05) is 26.2 Å². The van der Waals surface area contributed by atoms with Crippen LogP contribution in [0.25, 0.3) is 0 Å². The number of hydrogen-bond donors (Lipinski definition) is 1. The summed E-state index contributed by atoms with van der Waals surface area (Å²) in [5.41, 5.74) is 7.48. The van der Waals surface area contributed by atoms with Crippen LogP contribution < -0.4 is 10.5 Å². The summed E-state index contributed by atoms with van der Waals surface area (Å²) in [6.45, 7) is 6.55.